The SMILES string of the molecule is Cc1ccc(S(=O)(=O)c2cn(C)c3cc(N4CCCCCC4)c(F)cc3c2=O)cc1C. The van der Waals surface area contributed by atoms with E-state index < -0.39 is 21.1 Å². The highest BCUT2D eigenvalue weighted by atomic mass is 32.2. The fourth-order valence-corrected chi connectivity index (χ4v) is 5.70. The topological polar surface area (TPSA) is 59.4 Å². The Hall–Kier alpha value is -2.67. The van der Waals surface area contributed by atoms with Crippen molar-refractivity contribution in [2.75, 3.05) is 18.0 Å². The molecule has 7 heteroatoms. The van der Waals surface area contributed by atoms with E-state index in [9.17, 15) is 13.2 Å². The van der Waals surface area contributed by atoms with Crippen LogP contribution >= 0.6 is 0 Å². The van der Waals surface area contributed by atoms with Crippen LogP contribution in [-0.2, 0) is 16.9 Å². The number of pyridine rings is 1. The summed E-state index contributed by atoms with van der Waals surface area (Å²) in [5.74, 6) is -0.493. The molecule has 0 atom stereocenters. The maximum atomic E-state index is 15.1. The molecule has 1 aliphatic rings. The molecule has 1 aromatic heterocycles. The first-order valence-electron chi connectivity index (χ1n) is 10.6. The Morgan fingerprint density at radius 3 is 2.26 bits per heavy atom. The molecular formula is C24H27FN2O3S. The summed E-state index contributed by atoms with van der Waals surface area (Å²) in [6.07, 6.45) is 5.61. The highest BCUT2D eigenvalue weighted by Crippen LogP contribution is 2.29. The predicted molar refractivity (Wildman–Crippen MR) is 121 cm³/mol. The molecule has 2 heterocycles. The largest absolute Gasteiger partial charge is 0.369 e. The van der Waals surface area contributed by atoms with E-state index in [4.69, 9.17) is 0 Å². The van der Waals surface area contributed by atoms with Gasteiger partial charge in [-0.2, -0.15) is 0 Å². The van der Waals surface area contributed by atoms with Crippen molar-refractivity contribution in [2.45, 2.75) is 49.3 Å². The predicted octanol–water partition coefficient (Wildman–Crippen LogP) is 4.51. The van der Waals surface area contributed by atoms with Crippen molar-refractivity contribution in [1.82, 2.24) is 4.57 Å². The monoisotopic (exact) mass is 442 g/mol. The maximum absolute atomic E-state index is 15.1. The van der Waals surface area contributed by atoms with Crippen LogP contribution in [0.4, 0.5) is 10.1 Å². The number of aryl methyl sites for hydroxylation is 3. The summed E-state index contributed by atoms with van der Waals surface area (Å²) in [5.41, 5.74) is 2.10. The lowest BCUT2D eigenvalue weighted by atomic mass is 10.1. The van der Waals surface area contributed by atoms with Gasteiger partial charge in [0.05, 0.1) is 21.5 Å². The minimum Gasteiger partial charge on any atom is -0.369 e. The summed E-state index contributed by atoms with van der Waals surface area (Å²) in [4.78, 5) is 14.9. The van der Waals surface area contributed by atoms with Gasteiger partial charge in [-0.05, 0) is 62.1 Å². The van der Waals surface area contributed by atoms with Gasteiger partial charge in [-0.3, -0.25) is 4.79 Å². The molecule has 2 aromatic carbocycles. The summed E-state index contributed by atoms with van der Waals surface area (Å²) >= 11 is 0. The molecule has 5 nitrogen and oxygen atoms in total. The average Bonchev–Trinajstić information content (AvgIpc) is 3.01. The highest BCUT2D eigenvalue weighted by molar-refractivity contribution is 7.91. The van der Waals surface area contributed by atoms with E-state index in [2.05, 4.69) is 0 Å². The normalized spacial score (nSPS) is 15.3. The van der Waals surface area contributed by atoms with Crippen LogP contribution in [0.25, 0.3) is 10.9 Å². The number of anilines is 1. The Morgan fingerprint density at radius 1 is 0.935 bits per heavy atom. The smallest absolute Gasteiger partial charge is 0.211 e. The lowest BCUT2D eigenvalue weighted by Gasteiger charge is -2.24. The Labute approximate surface area is 182 Å². The Kier molecular flexibility index (Phi) is 5.64. The van der Waals surface area contributed by atoms with Crippen LogP contribution in [0.15, 0.2) is 51.1 Å². The molecule has 31 heavy (non-hydrogen) atoms. The number of nitrogens with zero attached hydrogens (tertiary/aromatic N) is 2. The van der Waals surface area contributed by atoms with Crippen molar-refractivity contribution in [2.24, 2.45) is 7.05 Å². The molecule has 0 aliphatic carbocycles. The molecule has 0 saturated carbocycles. The van der Waals surface area contributed by atoms with Crippen LogP contribution in [0.5, 0.6) is 0 Å². The molecule has 0 bridgehead atoms. The van der Waals surface area contributed by atoms with Gasteiger partial charge in [0.25, 0.3) is 0 Å². The van der Waals surface area contributed by atoms with Crippen LogP contribution in [0.2, 0.25) is 0 Å². The second-order valence-electron chi connectivity index (χ2n) is 8.40. The number of sulfone groups is 1. The zero-order valence-corrected chi connectivity index (χ0v) is 18.9. The minimum absolute atomic E-state index is 0.0636. The number of hydrogen-bond donors (Lipinski definition) is 0. The van der Waals surface area contributed by atoms with Crippen molar-refractivity contribution < 1.29 is 12.8 Å². The standard InChI is InChI=1S/C24H27FN2O3S/c1-16-8-9-18(12-17(16)2)31(29,30)23-15-26(3)21-14-22(20(25)13-19(21)24(23)28)27-10-6-4-5-7-11-27/h8-9,12-15H,4-7,10-11H2,1-3H3. The average molecular weight is 443 g/mol. The van der Waals surface area contributed by atoms with Gasteiger partial charge in [0.2, 0.25) is 15.3 Å². The molecule has 164 valence electrons. The summed E-state index contributed by atoms with van der Waals surface area (Å²) < 4.78 is 43.1. The van der Waals surface area contributed by atoms with Gasteiger partial charge in [-0.1, -0.05) is 18.9 Å². The Morgan fingerprint density at radius 2 is 1.61 bits per heavy atom. The number of benzene rings is 2. The summed E-state index contributed by atoms with van der Waals surface area (Å²) in [5, 5.41) is 0.0727. The van der Waals surface area contributed by atoms with Crippen molar-refractivity contribution in [3.05, 3.63) is 63.7 Å². The quantitative estimate of drug-likeness (QED) is 0.599. The molecule has 1 aliphatic heterocycles. The molecule has 1 saturated heterocycles. The van der Waals surface area contributed by atoms with Gasteiger partial charge < -0.3 is 9.47 Å². The van der Waals surface area contributed by atoms with E-state index in [1.165, 1.54) is 18.3 Å². The van der Waals surface area contributed by atoms with Crippen LogP contribution in [0.1, 0.15) is 36.8 Å². The fraction of sp³-hybridized carbons (Fsp3) is 0.375. The van der Waals surface area contributed by atoms with Crippen LogP contribution < -0.4 is 10.3 Å². The number of fused-ring (bicyclic) bond motifs is 1. The van der Waals surface area contributed by atoms with Gasteiger partial charge in [0.1, 0.15) is 10.7 Å². The van der Waals surface area contributed by atoms with E-state index in [-0.39, 0.29) is 15.2 Å². The summed E-state index contributed by atoms with van der Waals surface area (Å²) in [6, 6.07) is 7.66. The first-order valence-corrected chi connectivity index (χ1v) is 12.1. The molecule has 4 rings (SSSR count). The van der Waals surface area contributed by atoms with Crippen molar-refractivity contribution in [1.29, 1.82) is 0 Å². The van der Waals surface area contributed by atoms with Gasteiger partial charge in [-0.15, -0.1) is 0 Å². The van der Waals surface area contributed by atoms with E-state index in [0.29, 0.717) is 11.2 Å². The molecule has 0 spiro atoms. The number of aromatic nitrogens is 1. The van der Waals surface area contributed by atoms with E-state index in [0.717, 1.165) is 49.9 Å². The first kappa shape index (κ1) is 21.6. The fourth-order valence-electron chi connectivity index (χ4n) is 4.21. The third kappa shape index (κ3) is 3.87. The van der Waals surface area contributed by atoms with Crippen molar-refractivity contribution >= 4 is 26.4 Å². The second kappa shape index (κ2) is 8.11. The van der Waals surface area contributed by atoms with Gasteiger partial charge in [0.15, 0.2) is 0 Å². The van der Waals surface area contributed by atoms with Gasteiger partial charge in [-0.25, -0.2) is 12.8 Å². The van der Waals surface area contributed by atoms with E-state index in [1.807, 2.05) is 18.7 Å². The maximum Gasteiger partial charge on any atom is 0.211 e. The van der Waals surface area contributed by atoms with E-state index >= 15 is 4.39 Å². The molecule has 0 radical (unpaired) electrons. The molecule has 0 amide bonds. The number of rotatable bonds is 3. The van der Waals surface area contributed by atoms with Gasteiger partial charge >= 0.3 is 0 Å². The third-order valence-electron chi connectivity index (χ3n) is 6.25. The zero-order chi connectivity index (χ0) is 22.3. The van der Waals surface area contributed by atoms with Crippen molar-refractivity contribution in [3.8, 4) is 0 Å². The summed E-state index contributed by atoms with van der Waals surface area (Å²) in [6.45, 7) is 5.27. The number of halogens is 1. The lowest BCUT2D eigenvalue weighted by Crippen LogP contribution is -2.25. The van der Waals surface area contributed by atoms with Crippen LogP contribution in [0, 0.1) is 19.7 Å². The zero-order valence-electron chi connectivity index (χ0n) is 18.1. The number of hydrogen-bond acceptors (Lipinski definition) is 4. The van der Waals surface area contributed by atoms with Crippen LogP contribution in [-0.4, -0.2) is 26.1 Å². The van der Waals surface area contributed by atoms with Crippen molar-refractivity contribution in [3.63, 3.8) is 0 Å². The molecule has 1 fully saturated rings. The molecule has 3 aromatic rings. The molecule has 0 N–H and O–H groups in total. The minimum atomic E-state index is -4.04. The first-order chi connectivity index (χ1) is 14.7. The molecule has 0 unspecified atom stereocenters. The Balaban J connectivity index is 1.88. The summed E-state index contributed by atoms with van der Waals surface area (Å²) in [7, 11) is -2.35. The van der Waals surface area contributed by atoms with E-state index in [1.54, 1.807) is 29.8 Å². The Bertz CT molecular complexity index is 1320. The van der Waals surface area contributed by atoms with Crippen LogP contribution in [0.3, 0.4) is 0 Å². The third-order valence-corrected chi connectivity index (χ3v) is 7.99. The molecular weight excluding hydrogens is 415 g/mol. The van der Waals surface area contributed by atoms with Gasteiger partial charge in [0, 0.05) is 26.3 Å². The second-order valence-corrected chi connectivity index (χ2v) is 10.3. The lowest BCUT2D eigenvalue weighted by molar-refractivity contribution is 0.594. The highest BCUT2D eigenvalue weighted by Gasteiger charge is 2.25.